The third-order valence-electron chi connectivity index (χ3n) is 12.2. The second-order valence-electron chi connectivity index (χ2n) is 17.4. The van der Waals surface area contributed by atoms with E-state index in [4.69, 9.17) is 36.3 Å². The first-order valence-electron chi connectivity index (χ1n) is 23.4. The van der Waals surface area contributed by atoms with E-state index in [0.717, 1.165) is 30.4 Å². The summed E-state index contributed by atoms with van der Waals surface area (Å²) < 4.78 is 98.4. The Hall–Kier alpha value is -6.25. The van der Waals surface area contributed by atoms with Crippen LogP contribution in [0.3, 0.4) is 0 Å². The van der Waals surface area contributed by atoms with Gasteiger partial charge in [0.25, 0.3) is 11.8 Å². The first-order chi connectivity index (χ1) is 36.2. The quantitative estimate of drug-likeness (QED) is 0.0469. The van der Waals surface area contributed by atoms with Gasteiger partial charge in [-0.15, -0.1) is 22.7 Å². The molecule has 0 radical (unpaired) electrons. The maximum absolute atomic E-state index is 14.9. The summed E-state index contributed by atoms with van der Waals surface area (Å²) in [4.78, 5) is 68.9. The molecule has 6 heterocycles. The highest BCUT2D eigenvalue weighted by atomic mass is 79.9. The zero-order valence-electron chi connectivity index (χ0n) is 40.3. The van der Waals surface area contributed by atoms with Crippen molar-refractivity contribution in [1.82, 2.24) is 30.4 Å². The van der Waals surface area contributed by atoms with Crippen molar-refractivity contribution in [1.29, 1.82) is 0 Å². The van der Waals surface area contributed by atoms with Crippen LogP contribution in [0.5, 0.6) is 0 Å². The van der Waals surface area contributed by atoms with Crippen LogP contribution in [0.1, 0.15) is 59.9 Å². The van der Waals surface area contributed by atoms with Gasteiger partial charge in [0.15, 0.2) is 21.7 Å². The molecule has 0 amide bonds. The van der Waals surface area contributed by atoms with Crippen LogP contribution in [0.15, 0.2) is 121 Å². The lowest BCUT2D eigenvalue weighted by Gasteiger charge is -2.38. The van der Waals surface area contributed by atoms with Crippen LogP contribution in [0.4, 0.5) is 26.3 Å². The largest absolute Gasteiger partial charge is 0.478 e. The molecule has 0 saturated carbocycles. The van der Waals surface area contributed by atoms with Gasteiger partial charge in [-0.05, 0) is 69.6 Å². The van der Waals surface area contributed by atoms with Gasteiger partial charge in [-0.3, -0.25) is 19.8 Å². The summed E-state index contributed by atoms with van der Waals surface area (Å²) in [6, 6.07) is 5.81. The summed E-state index contributed by atoms with van der Waals surface area (Å²) in [7, 11) is 0. The van der Waals surface area contributed by atoms with Crippen molar-refractivity contribution >= 4 is 85.8 Å². The molecule has 0 aliphatic carbocycles. The van der Waals surface area contributed by atoms with Gasteiger partial charge in [0.1, 0.15) is 23.7 Å². The third-order valence-corrected chi connectivity index (χ3v) is 14.8. The fourth-order valence-electron chi connectivity index (χ4n) is 8.78. The van der Waals surface area contributed by atoms with Gasteiger partial charge in [0.2, 0.25) is 0 Å². The standard InChI is InChI=1S/C25H24BrF3N4O4S.C25H24ClF3N4O4S/c2*1-2-37-24(36)20-18(12-33-9-7-14(3-6-19(34)35)25(28,29)13-33)31-22(23-30-8-10-38-23)32-21(20)16-5-4-15(27)11-17(16)26/h2*3-6,8,10-11,14,21H,2,7,9,12-13H2,1H3,(H,31,32)(H,34,35)/b2*6-3+. The molecule has 404 valence electrons. The SMILES string of the molecule is CCOC(=O)C1=C(CN2CCC(/C=C/C(=O)O)C(F)(F)C2)NC(c2nccs2)=NC1c1ccc(F)cc1Br.CCOC(=O)C1=C(CN2CCC(/C=C/C(=O)O)C(F)(F)C2)NC(c2nccs2)=NC1c1ccc(F)cc1Cl. The monoisotopic (exact) mass is 1180 g/mol. The molecule has 2 aromatic heterocycles. The van der Waals surface area contributed by atoms with Crippen molar-refractivity contribution < 1.29 is 65.2 Å². The van der Waals surface area contributed by atoms with Crippen LogP contribution in [-0.4, -0.2) is 130 Å². The van der Waals surface area contributed by atoms with Crippen molar-refractivity contribution in [3.8, 4) is 0 Å². The van der Waals surface area contributed by atoms with Crippen LogP contribution in [0, 0.1) is 23.5 Å². The van der Waals surface area contributed by atoms with Crippen LogP contribution >= 0.6 is 50.2 Å². The number of rotatable bonds is 16. The van der Waals surface area contributed by atoms with Gasteiger partial charge in [-0.1, -0.05) is 51.8 Å². The number of halogens is 8. The molecule has 8 rings (SSSR count). The number of piperidine rings is 2. The lowest BCUT2D eigenvalue weighted by Crippen LogP contribution is -2.50. The summed E-state index contributed by atoms with van der Waals surface area (Å²) in [6.07, 6.45) is 6.71. The zero-order chi connectivity index (χ0) is 54.9. The Kier molecular flexibility index (Phi) is 19.1. The smallest absolute Gasteiger partial charge is 0.338 e. The number of hydrogen-bond acceptors (Lipinski definition) is 16. The number of aromatic nitrogens is 2. The molecule has 2 fully saturated rings. The van der Waals surface area contributed by atoms with Gasteiger partial charge < -0.3 is 30.3 Å². The number of carbonyl (C=O) groups is 4. The number of ether oxygens (including phenoxy) is 2. The molecular weight excluding hydrogens is 1130 g/mol. The maximum atomic E-state index is 14.9. The van der Waals surface area contributed by atoms with E-state index in [2.05, 4.69) is 41.5 Å². The molecule has 26 heteroatoms. The summed E-state index contributed by atoms with van der Waals surface area (Å²) in [6.45, 7) is 2.43. The molecule has 4 unspecified atom stereocenters. The van der Waals surface area contributed by atoms with E-state index in [1.54, 1.807) is 37.0 Å². The Morgan fingerprint density at radius 3 is 1.55 bits per heavy atom. The number of allylic oxidation sites excluding steroid dienone is 2. The van der Waals surface area contributed by atoms with Crippen LogP contribution < -0.4 is 10.6 Å². The normalized spacial score (nSPS) is 21.8. The Bertz CT molecular complexity index is 2800. The average molecular weight is 1180 g/mol. The van der Waals surface area contributed by atoms with Crippen molar-refractivity contribution in [3.63, 3.8) is 0 Å². The molecule has 76 heavy (non-hydrogen) atoms. The minimum atomic E-state index is -3.20. The second-order valence-corrected chi connectivity index (χ2v) is 20.4. The number of carbonyl (C=O) groups excluding carboxylic acids is 2. The predicted octanol–water partition coefficient (Wildman–Crippen LogP) is 8.99. The number of hydrogen-bond donors (Lipinski definition) is 4. The van der Waals surface area contributed by atoms with Crippen LogP contribution in [0.25, 0.3) is 0 Å². The van der Waals surface area contributed by atoms with Gasteiger partial charge in [-0.25, -0.2) is 55.5 Å². The molecule has 4 atom stereocenters. The topological polar surface area (TPSA) is 208 Å². The number of carboxylic acid groups (broad SMARTS) is 2. The molecule has 0 bridgehead atoms. The lowest BCUT2D eigenvalue weighted by molar-refractivity contribution is -0.140. The van der Waals surface area contributed by atoms with Crippen molar-refractivity contribution in [2.45, 2.75) is 50.6 Å². The molecule has 4 aromatic rings. The number of nitrogens with one attached hydrogen (secondary N) is 2. The average Bonchev–Trinajstić information content (AvgIpc) is 4.10. The number of carboxylic acids is 2. The Morgan fingerprint density at radius 1 is 0.737 bits per heavy atom. The van der Waals surface area contributed by atoms with Crippen LogP contribution in [0.2, 0.25) is 5.02 Å². The van der Waals surface area contributed by atoms with Gasteiger partial charge in [-0.2, -0.15) is 0 Å². The Labute approximate surface area is 452 Å². The number of aliphatic imine (C=N–C) groups is 2. The highest BCUT2D eigenvalue weighted by Gasteiger charge is 2.46. The van der Waals surface area contributed by atoms with Gasteiger partial charge >= 0.3 is 23.9 Å². The number of nitrogens with zero attached hydrogens (tertiary/aromatic N) is 6. The number of esters is 2. The molecular formula is C50H48BrClF6N8O8S2. The van der Waals surface area contributed by atoms with Gasteiger partial charge in [0.05, 0.1) is 37.4 Å². The van der Waals surface area contributed by atoms with E-state index in [1.165, 1.54) is 62.8 Å². The molecule has 4 aliphatic rings. The maximum Gasteiger partial charge on any atom is 0.338 e. The number of aliphatic carboxylic acids is 2. The van der Waals surface area contributed by atoms with E-state index < -0.39 is 84.4 Å². The first-order valence-corrected chi connectivity index (χ1v) is 26.3. The fraction of sp³-hybridized carbons (Fsp3) is 0.360. The zero-order valence-corrected chi connectivity index (χ0v) is 44.3. The number of benzene rings is 2. The lowest BCUT2D eigenvalue weighted by atomic mass is 9.91. The highest BCUT2D eigenvalue weighted by Crippen LogP contribution is 2.41. The number of amidine groups is 2. The van der Waals surface area contributed by atoms with E-state index in [1.807, 2.05) is 0 Å². The Morgan fingerprint density at radius 2 is 1.17 bits per heavy atom. The summed E-state index contributed by atoms with van der Waals surface area (Å²) in [5, 5.41) is 28.4. The molecule has 2 aromatic carbocycles. The van der Waals surface area contributed by atoms with Crippen molar-refractivity contribution in [2.24, 2.45) is 21.8 Å². The molecule has 2 saturated heterocycles. The number of likely N-dealkylation sites (tertiary alicyclic amines) is 2. The first kappa shape index (κ1) is 57.5. The van der Waals surface area contributed by atoms with Crippen molar-refractivity contribution in [2.75, 3.05) is 52.5 Å². The fourth-order valence-corrected chi connectivity index (χ4v) is 10.8. The van der Waals surface area contributed by atoms with Crippen LogP contribution in [-0.2, 0) is 28.7 Å². The summed E-state index contributed by atoms with van der Waals surface area (Å²) in [5.74, 6) is -13.2. The van der Waals surface area contributed by atoms with E-state index >= 15 is 0 Å². The van der Waals surface area contributed by atoms with E-state index in [0.29, 0.717) is 43.0 Å². The summed E-state index contributed by atoms with van der Waals surface area (Å²) in [5.41, 5.74) is 1.62. The van der Waals surface area contributed by atoms with Gasteiger partial charge in [0, 0.05) is 86.7 Å². The Balaban J connectivity index is 0.000000221. The number of alkyl halides is 4. The molecule has 0 spiro atoms. The summed E-state index contributed by atoms with van der Waals surface area (Å²) >= 11 is 12.3. The predicted molar refractivity (Wildman–Crippen MR) is 274 cm³/mol. The minimum Gasteiger partial charge on any atom is -0.478 e. The second kappa shape index (κ2) is 25.3. The van der Waals surface area contributed by atoms with E-state index in [-0.39, 0.29) is 74.1 Å². The molecule has 16 nitrogen and oxygen atoms in total. The molecule has 4 aliphatic heterocycles. The number of thiazole rings is 2. The highest BCUT2D eigenvalue weighted by molar-refractivity contribution is 9.10. The minimum absolute atomic E-state index is 0.0133. The third kappa shape index (κ3) is 14.2. The van der Waals surface area contributed by atoms with E-state index in [9.17, 15) is 45.5 Å². The molecule has 4 N–H and O–H groups in total. The van der Waals surface area contributed by atoms with Crippen molar-refractivity contribution in [3.05, 3.63) is 149 Å².